The molecule has 0 radical (unpaired) electrons. The van der Waals surface area contributed by atoms with Crippen molar-refractivity contribution in [2.75, 3.05) is 0 Å². The standard InChI is InChI=1S/2C17H11.C5H8.2ClH.Zr/c2*1-2-6-15-12(4-1)8-10-14-11-9-13-5-3-7-16(13)17(14)15;1-2-4-5-3-1;;;/h2*1-4,6-10H,11H2;1-4H2;2*1H;/q2*-1;;;;+2/p-2. The van der Waals surface area contributed by atoms with Crippen molar-refractivity contribution in [3.8, 4) is 0 Å². The van der Waals surface area contributed by atoms with E-state index < -0.39 is 0 Å². The summed E-state index contributed by atoms with van der Waals surface area (Å²) in [7, 11) is 0. The van der Waals surface area contributed by atoms with E-state index in [4.69, 9.17) is 0 Å². The minimum absolute atomic E-state index is 0. The maximum atomic E-state index is 3.31. The fourth-order valence-corrected chi connectivity index (χ4v) is 7.24. The van der Waals surface area contributed by atoms with Gasteiger partial charge >= 0.3 is 53.1 Å². The first-order valence-corrected chi connectivity index (χ1v) is 15.6. The molecule has 42 heavy (non-hydrogen) atoms. The van der Waals surface area contributed by atoms with Crippen molar-refractivity contribution in [2.24, 2.45) is 0 Å². The Morgan fingerprint density at radius 1 is 0.548 bits per heavy atom. The van der Waals surface area contributed by atoms with Gasteiger partial charge in [-0.1, -0.05) is 95.1 Å². The van der Waals surface area contributed by atoms with Gasteiger partial charge in [0, 0.05) is 0 Å². The van der Waals surface area contributed by atoms with E-state index in [9.17, 15) is 0 Å². The number of benzene rings is 4. The van der Waals surface area contributed by atoms with Crippen molar-refractivity contribution in [3.63, 3.8) is 0 Å². The number of allylic oxidation sites excluding steroid dienone is 12. The van der Waals surface area contributed by atoms with Crippen LogP contribution in [0.1, 0.15) is 47.9 Å². The zero-order chi connectivity index (χ0) is 26.9. The first-order chi connectivity index (χ1) is 19.8. The summed E-state index contributed by atoms with van der Waals surface area (Å²) in [4.78, 5) is 0. The summed E-state index contributed by atoms with van der Waals surface area (Å²) < 4.78 is 1.79. The molecule has 0 amide bonds. The Hall–Kier alpha value is -2.83. The molecule has 0 bridgehead atoms. The zero-order valence-corrected chi connectivity index (χ0v) is 27.4. The van der Waals surface area contributed by atoms with E-state index in [-0.39, 0.29) is 24.8 Å². The van der Waals surface area contributed by atoms with Gasteiger partial charge in [-0.25, -0.2) is 0 Å². The van der Waals surface area contributed by atoms with Gasteiger partial charge in [0.25, 0.3) is 0 Å². The van der Waals surface area contributed by atoms with E-state index in [0.717, 1.165) is 12.8 Å². The normalized spacial score (nSPS) is 16.6. The summed E-state index contributed by atoms with van der Waals surface area (Å²) in [5, 5.41) is 5.36. The third-order valence-electron chi connectivity index (χ3n) is 8.39. The van der Waals surface area contributed by atoms with E-state index in [1.165, 1.54) is 91.8 Å². The van der Waals surface area contributed by atoms with E-state index >= 15 is 0 Å². The van der Waals surface area contributed by atoms with Gasteiger partial charge in [0.2, 0.25) is 0 Å². The van der Waals surface area contributed by atoms with Gasteiger partial charge in [-0.3, -0.25) is 0 Å². The van der Waals surface area contributed by atoms with Crippen LogP contribution in [0.4, 0.5) is 0 Å². The minimum atomic E-state index is 0. The zero-order valence-electron chi connectivity index (χ0n) is 23.4. The Morgan fingerprint density at radius 3 is 1.43 bits per heavy atom. The SMILES string of the molecule is [C-]1=CC=C2C1=CCc1ccc3ccccc3c12.[C-]1=CC=C2C1=CCc1ccc3ccccc3c12.[Cl-].[Cl-].[Zr+2]=[C]1CCCC1. The van der Waals surface area contributed by atoms with Crippen LogP contribution in [-0.2, 0) is 37.1 Å². The second-order valence-electron chi connectivity index (χ2n) is 10.9. The molecule has 9 rings (SSSR count). The fraction of sp³-hybridized carbons (Fsp3) is 0.154. The predicted molar refractivity (Wildman–Crippen MR) is 167 cm³/mol. The molecule has 4 aromatic rings. The molecule has 0 aromatic heterocycles. The Labute approximate surface area is 276 Å². The van der Waals surface area contributed by atoms with Crippen molar-refractivity contribution < 1.29 is 49.0 Å². The molecule has 0 atom stereocenters. The van der Waals surface area contributed by atoms with Gasteiger partial charge in [-0.05, 0) is 34.4 Å². The molecule has 0 nitrogen and oxygen atoms in total. The molecule has 1 saturated carbocycles. The van der Waals surface area contributed by atoms with Crippen molar-refractivity contribution in [1.29, 1.82) is 0 Å². The second kappa shape index (κ2) is 13.6. The average Bonchev–Trinajstić information content (AvgIpc) is 3.79. The molecule has 3 heteroatoms. The van der Waals surface area contributed by atoms with E-state index in [1.54, 1.807) is 27.4 Å². The summed E-state index contributed by atoms with van der Waals surface area (Å²) in [6.07, 6.45) is 27.4. The monoisotopic (exact) mass is 658 g/mol. The van der Waals surface area contributed by atoms with Crippen LogP contribution in [0.5, 0.6) is 0 Å². The molecular weight excluding hydrogens is 631 g/mol. The van der Waals surface area contributed by atoms with E-state index in [2.05, 4.69) is 109 Å². The van der Waals surface area contributed by atoms with Crippen LogP contribution in [0.3, 0.4) is 0 Å². The number of rotatable bonds is 0. The topological polar surface area (TPSA) is 0 Å². The van der Waals surface area contributed by atoms with Crippen LogP contribution in [-0.4, -0.2) is 3.21 Å². The summed E-state index contributed by atoms with van der Waals surface area (Å²) in [6.45, 7) is 0. The van der Waals surface area contributed by atoms with Crippen molar-refractivity contribution in [2.45, 2.75) is 38.5 Å². The Bertz CT molecular complexity index is 1730. The second-order valence-corrected chi connectivity index (χ2v) is 12.6. The third-order valence-corrected chi connectivity index (χ3v) is 9.62. The molecule has 0 spiro atoms. The molecular formula is C39H30Cl2Zr-2. The molecule has 5 aliphatic rings. The Morgan fingerprint density at radius 2 is 1.00 bits per heavy atom. The molecule has 0 aliphatic heterocycles. The van der Waals surface area contributed by atoms with Gasteiger partial charge in [0.05, 0.1) is 0 Å². The Kier molecular flexibility index (Phi) is 9.95. The van der Waals surface area contributed by atoms with Crippen LogP contribution in [0.2, 0.25) is 0 Å². The van der Waals surface area contributed by atoms with Gasteiger partial charge in [-0.15, -0.1) is 23.3 Å². The molecule has 0 saturated heterocycles. The predicted octanol–water partition coefficient (Wildman–Crippen LogP) is 3.44. The van der Waals surface area contributed by atoms with Gasteiger partial charge in [-0.2, -0.15) is 47.6 Å². The molecule has 5 aliphatic carbocycles. The van der Waals surface area contributed by atoms with Gasteiger partial charge in [0.1, 0.15) is 0 Å². The molecule has 0 heterocycles. The van der Waals surface area contributed by atoms with Crippen LogP contribution in [0.25, 0.3) is 32.7 Å². The third kappa shape index (κ3) is 5.98. The summed E-state index contributed by atoms with van der Waals surface area (Å²) in [6, 6.07) is 26.2. The molecule has 4 aromatic carbocycles. The quantitative estimate of drug-likeness (QED) is 0.254. The maximum absolute atomic E-state index is 3.31. The summed E-state index contributed by atoms with van der Waals surface area (Å²) in [5.74, 6) is 0. The number of halogens is 2. The molecule has 0 N–H and O–H groups in total. The van der Waals surface area contributed by atoms with Crippen LogP contribution < -0.4 is 24.8 Å². The first kappa shape index (κ1) is 30.6. The molecule has 206 valence electrons. The van der Waals surface area contributed by atoms with Crippen LogP contribution >= 0.6 is 0 Å². The van der Waals surface area contributed by atoms with E-state index in [0.29, 0.717) is 0 Å². The number of hydrogen-bond donors (Lipinski definition) is 0. The fourth-order valence-electron chi connectivity index (χ4n) is 6.37. The molecule has 0 unspecified atom stereocenters. The van der Waals surface area contributed by atoms with Crippen molar-refractivity contribution in [1.82, 2.24) is 0 Å². The number of fused-ring (bicyclic) bond motifs is 10. The summed E-state index contributed by atoms with van der Waals surface area (Å²) >= 11 is 1.68. The van der Waals surface area contributed by atoms with Crippen LogP contribution in [0, 0.1) is 12.2 Å². The Balaban J connectivity index is 0.000000135. The first-order valence-electron chi connectivity index (χ1n) is 14.4. The molecule has 1 fully saturated rings. The van der Waals surface area contributed by atoms with Crippen molar-refractivity contribution >= 4 is 35.9 Å². The van der Waals surface area contributed by atoms with E-state index in [1.807, 2.05) is 12.2 Å². The van der Waals surface area contributed by atoms with Crippen LogP contribution in [0.15, 0.2) is 120 Å². The van der Waals surface area contributed by atoms with Gasteiger partial charge < -0.3 is 24.8 Å². The van der Waals surface area contributed by atoms with Crippen molar-refractivity contribution in [3.05, 3.63) is 155 Å². The number of hydrogen-bond acceptors (Lipinski definition) is 0. The average molecular weight is 661 g/mol. The van der Waals surface area contributed by atoms with Gasteiger partial charge in [0.15, 0.2) is 0 Å². The summed E-state index contributed by atoms with van der Waals surface area (Å²) in [5.41, 5.74) is 10.9.